The lowest BCUT2D eigenvalue weighted by Gasteiger charge is -2.45. The van der Waals surface area contributed by atoms with E-state index in [2.05, 4.69) is 0 Å². The number of benzene rings is 1. The van der Waals surface area contributed by atoms with Crippen LogP contribution in [-0.2, 0) is 30.3 Å². The lowest BCUT2D eigenvalue weighted by atomic mass is 9.66. The zero-order chi connectivity index (χ0) is 32.8. The largest absolute Gasteiger partial charge is 0.487 e. The zero-order valence-corrected chi connectivity index (χ0v) is 26.5. The molecule has 0 unspecified atom stereocenters. The number of allylic oxidation sites excluding steroid dienone is 1. The SMILES string of the molecule is COC(=O)[C@@]1(C)CCC(=O)C[C@H]1C(=O)N1CCc2c(Cl)ccc(OC/C(N)=C(\C(F)F)N(C)N)c2[C@H]1CN1CC2(CC2)CC1=O. The van der Waals surface area contributed by atoms with Crippen LogP contribution < -0.4 is 16.3 Å². The number of nitrogens with two attached hydrogens (primary N) is 2. The molecule has 1 saturated heterocycles. The molecule has 14 heteroatoms. The summed E-state index contributed by atoms with van der Waals surface area (Å²) in [5.41, 5.74) is 5.07. The van der Waals surface area contributed by atoms with Crippen LogP contribution in [0.25, 0.3) is 0 Å². The summed E-state index contributed by atoms with van der Waals surface area (Å²) in [6.07, 6.45) is -0.0692. The number of hydrogen-bond acceptors (Lipinski definition) is 9. The van der Waals surface area contributed by atoms with E-state index in [4.69, 9.17) is 32.7 Å². The minimum absolute atomic E-state index is 0.0245. The van der Waals surface area contributed by atoms with Crippen molar-refractivity contribution in [2.75, 3.05) is 40.4 Å². The van der Waals surface area contributed by atoms with Gasteiger partial charge in [0, 0.05) is 56.5 Å². The Balaban J connectivity index is 1.56. The Kier molecular flexibility index (Phi) is 9.07. The van der Waals surface area contributed by atoms with Gasteiger partial charge in [0.2, 0.25) is 11.8 Å². The van der Waals surface area contributed by atoms with Crippen LogP contribution in [0, 0.1) is 16.7 Å². The first-order chi connectivity index (χ1) is 21.2. The first-order valence-electron chi connectivity index (χ1n) is 15.1. The number of hydrogen-bond donors (Lipinski definition) is 2. The fourth-order valence-corrected chi connectivity index (χ4v) is 7.40. The van der Waals surface area contributed by atoms with Crippen LogP contribution in [0.4, 0.5) is 8.78 Å². The van der Waals surface area contributed by atoms with Crippen molar-refractivity contribution in [2.45, 2.75) is 64.3 Å². The summed E-state index contributed by atoms with van der Waals surface area (Å²) in [6, 6.07) is 2.45. The summed E-state index contributed by atoms with van der Waals surface area (Å²) in [5, 5.41) is 1.16. The van der Waals surface area contributed by atoms with Gasteiger partial charge in [0.25, 0.3) is 6.43 Å². The van der Waals surface area contributed by atoms with Crippen molar-refractivity contribution in [3.63, 3.8) is 0 Å². The minimum Gasteiger partial charge on any atom is -0.487 e. The van der Waals surface area contributed by atoms with E-state index in [9.17, 15) is 28.0 Å². The average molecular weight is 652 g/mol. The molecule has 2 aliphatic carbocycles. The van der Waals surface area contributed by atoms with Gasteiger partial charge < -0.3 is 30.0 Å². The number of carbonyl (C=O) groups is 4. The predicted octanol–water partition coefficient (Wildman–Crippen LogP) is 2.95. The van der Waals surface area contributed by atoms with E-state index in [0.717, 1.165) is 17.9 Å². The maximum absolute atomic E-state index is 14.5. The minimum atomic E-state index is -2.94. The number of amides is 2. The molecule has 11 nitrogen and oxygen atoms in total. The summed E-state index contributed by atoms with van der Waals surface area (Å²) in [4.78, 5) is 56.7. The number of alkyl halides is 2. The molecule has 2 amide bonds. The highest BCUT2D eigenvalue weighted by atomic mass is 35.5. The molecule has 5 rings (SSSR count). The third-order valence-electron chi connectivity index (χ3n) is 9.98. The Morgan fingerprint density at radius 1 is 1.20 bits per heavy atom. The van der Waals surface area contributed by atoms with Crippen LogP contribution in [0.1, 0.15) is 62.6 Å². The van der Waals surface area contributed by atoms with Crippen molar-refractivity contribution in [2.24, 2.45) is 28.3 Å². The monoisotopic (exact) mass is 651 g/mol. The Hall–Kier alpha value is -3.45. The summed E-state index contributed by atoms with van der Waals surface area (Å²) in [7, 11) is 2.50. The molecule has 246 valence electrons. The molecule has 3 fully saturated rings. The van der Waals surface area contributed by atoms with E-state index in [0.29, 0.717) is 35.5 Å². The first-order valence-corrected chi connectivity index (χ1v) is 15.5. The summed E-state index contributed by atoms with van der Waals surface area (Å²) in [5.74, 6) is 3.74. The number of esters is 1. The van der Waals surface area contributed by atoms with E-state index in [1.165, 1.54) is 14.2 Å². The van der Waals surface area contributed by atoms with Crippen molar-refractivity contribution >= 4 is 35.2 Å². The van der Waals surface area contributed by atoms with Gasteiger partial charge in [-0.25, -0.2) is 14.6 Å². The van der Waals surface area contributed by atoms with E-state index < -0.39 is 48.0 Å². The van der Waals surface area contributed by atoms with E-state index in [1.807, 2.05) is 0 Å². The number of rotatable bonds is 9. The molecule has 4 N–H and O–H groups in total. The molecule has 1 aromatic carbocycles. The van der Waals surface area contributed by atoms with Crippen molar-refractivity contribution in [1.82, 2.24) is 14.8 Å². The zero-order valence-electron chi connectivity index (χ0n) is 25.7. The van der Waals surface area contributed by atoms with E-state index >= 15 is 0 Å². The molecule has 45 heavy (non-hydrogen) atoms. The molecule has 4 aliphatic rings. The summed E-state index contributed by atoms with van der Waals surface area (Å²) < 4.78 is 38.4. The fraction of sp³-hybridized carbons (Fsp3) is 0.613. The molecule has 2 saturated carbocycles. The molecule has 1 spiro atoms. The highest BCUT2D eigenvalue weighted by molar-refractivity contribution is 6.31. The maximum atomic E-state index is 14.5. The van der Waals surface area contributed by atoms with Crippen molar-refractivity contribution in [1.29, 1.82) is 0 Å². The van der Waals surface area contributed by atoms with Crippen LogP contribution in [0.3, 0.4) is 0 Å². The Morgan fingerprint density at radius 2 is 1.91 bits per heavy atom. The fourth-order valence-electron chi connectivity index (χ4n) is 7.14. The van der Waals surface area contributed by atoms with Gasteiger partial charge in [-0.2, -0.15) is 0 Å². The number of Topliss-reactive ketones (excluding diaryl/α,β-unsaturated/α-hetero) is 1. The number of hydrazine groups is 1. The molecule has 0 radical (unpaired) electrons. The van der Waals surface area contributed by atoms with Crippen LogP contribution in [0.2, 0.25) is 5.02 Å². The van der Waals surface area contributed by atoms with Crippen LogP contribution in [0.5, 0.6) is 5.75 Å². The molecule has 2 aliphatic heterocycles. The van der Waals surface area contributed by atoms with Gasteiger partial charge in [0.1, 0.15) is 23.8 Å². The van der Waals surface area contributed by atoms with Gasteiger partial charge in [-0.1, -0.05) is 11.6 Å². The van der Waals surface area contributed by atoms with Gasteiger partial charge in [-0.3, -0.25) is 19.2 Å². The van der Waals surface area contributed by atoms with Crippen LogP contribution in [-0.4, -0.2) is 85.2 Å². The van der Waals surface area contributed by atoms with Gasteiger partial charge in [-0.15, -0.1) is 0 Å². The molecular formula is C31H40ClF2N5O6. The molecular weight excluding hydrogens is 612 g/mol. The van der Waals surface area contributed by atoms with Crippen LogP contribution >= 0.6 is 11.6 Å². The van der Waals surface area contributed by atoms with Crippen molar-refractivity contribution in [3.05, 3.63) is 39.7 Å². The number of nitrogens with zero attached hydrogens (tertiary/aromatic N) is 3. The smallest absolute Gasteiger partial charge is 0.312 e. The van der Waals surface area contributed by atoms with E-state index in [1.54, 1.807) is 28.9 Å². The van der Waals surface area contributed by atoms with Gasteiger partial charge in [0.05, 0.1) is 30.2 Å². The highest BCUT2D eigenvalue weighted by Gasteiger charge is 2.54. The predicted molar refractivity (Wildman–Crippen MR) is 160 cm³/mol. The summed E-state index contributed by atoms with van der Waals surface area (Å²) >= 11 is 6.68. The average Bonchev–Trinajstić information content (AvgIpc) is 3.67. The van der Waals surface area contributed by atoms with Gasteiger partial charge in [0.15, 0.2) is 0 Å². The number of methoxy groups -OCH3 is 1. The van der Waals surface area contributed by atoms with E-state index in [-0.39, 0.29) is 60.9 Å². The third kappa shape index (κ3) is 6.20. The first kappa shape index (κ1) is 32.9. The number of carbonyl (C=O) groups excluding carboxylic acids is 4. The molecule has 0 aromatic heterocycles. The Labute approximate surface area is 265 Å². The standard InChI is InChI=1S/C31H40ClF2N5O6/c1-30(29(43)44-3)8-6-17(40)12-19(30)28(42)39-11-7-18-20(32)4-5-23(45-15-21(35)26(27(33)34)37(2)36)25(18)22(39)14-38-16-31(9-10-31)13-24(38)41/h4-5,19,22,27H,6-16,35-36H2,1-3H3/b26-21-/t19-,22+,30-/m0/s1. The number of fused-ring (bicyclic) bond motifs is 1. The highest BCUT2D eigenvalue weighted by Crippen LogP contribution is 2.54. The third-order valence-corrected chi connectivity index (χ3v) is 10.3. The lowest BCUT2D eigenvalue weighted by molar-refractivity contribution is -0.166. The molecule has 3 atom stereocenters. The second-order valence-corrected chi connectivity index (χ2v) is 13.4. The number of halogens is 3. The second kappa shape index (κ2) is 12.4. The molecule has 0 bridgehead atoms. The summed E-state index contributed by atoms with van der Waals surface area (Å²) in [6.45, 7) is 2.11. The number of likely N-dealkylation sites (tertiary alicyclic amines) is 1. The molecule has 1 aromatic rings. The number of ketones is 1. The van der Waals surface area contributed by atoms with Crippen molar-refractivity contribution in [3.8, 4) is 5.75 Å². The normalized spacial score (nSPS) is 26.1. The topological polar surface area (TPSA) is 148 Å². The molecule has 2 heterocycles. The van der Waals surface area contributed by atoms with Gasteiger partial charge in [-0.05, 0) is 55.7 Å². The Bertz CT molecular complexity index is 1420. The number of ether oxygens (including phenoxy) is 2. The Morgan fingerprint density at radius 3 is 2.51 bits per heavy atom. The van der Waals surface area contributed by atoms with Gasteiger partial charge >= 0.3 is 5.97 Å². The quantitative estimate of drug-likeness (QED) is 0.234. The second-order valence-electron chi connectivity index (χ2n) is 13.0. The maximum Gasteiger partial charge on any atom is 0.312 e. The lowest BCUT2D eigenvalue weighted by Crippen LogP contribution is -2.54. The van der Waals surface area contributed by atoms with Crippen LogP contribution in [0.15, 0.2) is 23.5 Å². The van der Waals surface area contributed by atoms with Crippen molar-refractivity contribution < 1.29 is 37.4 Å².